The molecule has 0 spiro atoms. The van der Waals surface area contributed by atoms with Gasteiger partial charge in [0.1, 0.15) is 18.3 Å². The van der Waals surface area contributed by atoms with Gasteiger partial charge in [0, 0.05) is 0 Å². The molecule has 0 unspecified atom stereocenters. The molecule has 0 bridgehead atoms. The van der Waals surface area contributed by atoms with Gasteiger partial charge in [-0.15, -0.1) is 0 Å². The van der Waals surface area contributed by atoms with E-state index in [-0.39, 0.29) is 18.2 Å². The molecule has 31 heavy (non-hydrogen) atoms. The third kappa shape index (κ3) is 8.34. The molecule has 2 aromatic carbocycles. The van der Waals surface area contributed by atoms with Crippen LogP contribution in [0.25, 0.3) is 6.08 Å². The van der Waals surface area contributed by atoms with Crippen molar-refractivity contribution in [3.05, 3.63) is 77.5 Å². The minimum Gasteiger partial charge on any atom is -0.464 e. The fourth-order valence-corrected chi connectivity index (χ4v) is 2.80. The van der Waals surface area contributed by atoms with Gasteiger partial charge in [0.05, 0.1) is 7.11 Å². The zero-order chi connectivity index (χ0) is 22.6. The molecule has 2 rings (SSSR count). The molecular weight excluding hydrogens is 396 g/mol. The third-order valence-corrected chi connectivity index (χ3v) is 4.30. The van der Waals surface area contributed by atoms with Crippen LogP contribution in [-0.4, -0.2) is 31.1 Å². The fourth-order valence-electron chi connectivity index (χ4n) is 2.80. The van der Waals surface area contributed by atoms with E-state index in [4.69, 9.17) is 9.47 Å². The molecule has 7 nitrogen and oxygen atoms in total. The summed E-state index contributed by atoms with van der Waals surface area (Å²) in [5.41, 5.74) is 1.53. The van der Waals surface area contributed by atoms with E-state index in [1.807, 2.05) is 62.4 Å². The quantitative estimate of drug-likeness (QED) is 0.473. The lowest BCUT2D eigenvalue weighted by atomic mass is 10.0. The molecule has 1 atom stereocenters. The molecule has 2 N–H and O–H groups in total. The van der Waals surface area contributed by atoms with Gasteiger partial charge in [-0.3, -0.25) is 4.79 Å². The first-order valence-corrected chi connectivity index (χ1v) is 10.0. The number of carbonyl (C=O) groups excluding carboxylic acids is 3. The molecule has 0 aliphatic carbocycles. The van der Waals surface area contributed by atoms with Gasteiger partial charge >= 0.3 is 12.1 Å². The molecule has 0 heterocycles. The summed E-state index contributed by atoms with van der Waals surface area (Å²) in [6.07, 6.45) is 1.17. The number of esters is 1. The highest BCUT2D eigenvalue weighted by molar-refractivity contribution is 5.99. The smallest absolute Gasteiger partial charge is 0.408 e. The number of alkyl carbamates (subject to hydrolysis) is 1. The zero-order valence-corrected chi connectivity index (χ0v) is 18.0. The molecule has 2 aromatic rings. The van der Waals surface area contributed by atoms with Crippen molar-refractivity contribution in [3.63, 3.8) is 0 Å². The molecular formula is C24H28N2O5. The van der Waals surface area contributed by atoms with Gasteiger partial charge in [0.15, 0.2) is 0 Å². The van der Waals surface area contributed by atoms with Crippen molar-refractivity contribution in [1.29, 1.82) is 0 Å². The lowest BCUT2D eigenvalue weighted by Crippen LogP contribution is -2.48. The van der Waals surface area contributed by atoms with Crippen LogP contribution < -0.4 is 10.6 Å². The van der Waals surface area contributed by atoms with Crippen LogP contribution in [0.2, 0.25) is 0 Å². The number of amides is 2. The summed E-state index contributed by atoms with van der Waals surface area (Å²) in [6.45, 7) is 3.95. The Kier molecular flexibility index (Phi) is 9.29. The first kappa shape index (κ1) is 23.7. The second-order valence-electron chi connectivity index (χ2n) is 7.34. The summed E-state index contributed by atoms with van der Waals surface area (Å²) in [7, 11) is 1.23. The number of ether oxygens (including phenoxy) is 2. The highest BCUT2D eigenvalue weighted by Gasteiger charge is 2.25. The Hall–Kier alpha value is -3.61. The van der Waals surface area contributed by atoms with Crippen molar-refractivity contribution in [2.24, 2.45) is 5.92 Å². The Labute approximate surface area is 182 Å². The average molecular weight is 424 g/mol. The Morgan fingerprint density at radius 1 is 0.968 bits per heavy atom. The topological polar surface area (TPSA) is 93.7 Å². The summed E-state index contributed by atoms with van der Waals surface area (Å²) in [5, 5.41) is 5.17. The van der Waals surface area contributed by atoms with Crippen LogP contribution in [0.1, 0.15) is 31.4 Å². The SMILES string of the molecule is COC(=O)/C(=C/c1ccccc1)NC(=O)[C@H](CC(C)C)NC(=O)OCc1ccccc1. The first-order valence-electron chi connectivity index (χ1n) is 10.0. The highest BCUT2D eigenvalue weighted by Crippen LogP contribution is 2.10. The first-order chi connectivity index (χ1) is 14.9. The van der Waals surface area contributed by atoms with E-state index in [2.05, 4.69) is 10.6 Å². The van der Waals surface area contributed by atoms with E-state index in [1.54, 1.807) is 12.1 Å². The second-order valence-corrected chi connectivity index (χ2v) is 7.34. The summed E-state index contributed by atoms with van der Waals surface area (Å²) in [5.74, 6) is -1.10. The number of hydrogen-bond acceptors (Lipinski definition) is 5. The maximum absolute atomic E-state index is 12.9. The van der Waals surface area contributed by atoms with Gasteiger partial charge in [-0.05, 0) is 29.5 Å². The molecule has 0 aromatic heterocycles. The van der Waals surface area contributed by atoms with E-state index in [0.717, 1.165) is 11.1 Å². The third-order valence-electron chi connectivity index (χ3n) is 4.30. The molecule has 2 amide bonds. The normalized spacial score (nSPS) is 12.1. The Bertz CT molecular complexity index is 895. The van der Waals surface area contributed by atoms with Crippen molar-refractivity contribution in [3.8, 4) is 0 Å². The van der Waals surface area contributed by atoms with Gasteiger partial charge in [-0.1, -0.05) is 74.5 Å². The zero-order valence-electron chi connectivity index (χ0n) is 18.0. The fraction of sp³-hybridized carbons (Fsp3) is 0.292. The average Bonchev–Trinajstić information content (AvgIpc) is 2.77. The molecule has 0 aliphatic heterocycles. The van der Waals surface area contributed by atoms with Gasteiger partial charge < -0.3 is 20.1 Å². The maximum Gasteiger partial charge on any atom is 0.408 e. The van der Waals surface area contributed by atoms with Gasteiger partial charge in [0.25, 0.3) is 0 Å². The molecule has 0 radical (unpaired) electrons. The minimum absolute atomic E-state index is 0.0214. The van der Waals surface area contributed by atoms with Crippen molar-refractivity contribution in [2.45, 2.75) is 32.9 Å². The minimum atomic E-state index is -0.882. The predicted octanol–water partition coefficient (Wildman–Crippen LogP) is 3.66. The van der Waals surface area contributed by atoms with E-state index in [9.17, 15) is 14.4 Å². The lowest BCUT2D eigenvalue weighted by Gasteiger charge is -2.20. The van der Waals surface area contributed by atoms with Crippen LogP contribution in [0.15, 0.2) is 66.4 Å². The van der Waals surface area contributed by atoms with Crippen molar-refractivity contribution in [2.75, 3.05) is 7.11 Å². The lowest BCUT2D eigenvalue weighted by molar-refractivity contribution is -0.137. The highest BCUT2D eigenvalue weighted by atomic mass is 16.5. The van der Waals surface area contributed by atoms with Gasteiger partial charge in [-0.25, -0.2) is 9.59 Å². The number of carbonyl (C=O) groups is 3. The largest absolute Gasteiger partial charge is 0.464 e. The van der Waals surface area contributed by atoms with Crippen LogP contribution in [0, 0.1) is 5.92 Å². The molecule has 0 aliphatic rings. The van der Waals surface area contributed by atoms with E-state index in [0.29, 0.717) is 6.42 Å². The van der Waals surface area contributed by atoms with Crippen LogP contribution in [-0.2, 0) is 25.7 Å². The standard InChI is InChI=1S/C24H28N2O5/c1-17(2)14-20(26-24(29)31-16-19-12-8-5-9-13-19)22(27)25-21(23(28)30-3)15-18-10-6-4-7-11-18/h4-13,15,17,20H,14,16H2,1-3H3,(H,25,27)(H,26,29)/b21-15-/t20-/m0/s1. The van der Waals surface area contributed by atoms with Crippen molar-refractivity contribution >= 4 is 24.0 Å². The Morgan fingerprint density at radius 2 is 1.58 bits per heavy atom. The number of benzene rings is 2. The molecule has 0 saturated carbocycles. The van der Waals surface area contributed by atoms with Crippen LogP contribution in [0.4, 0.5) is 4.79 Å². The second kappa shape index (κ2) is 12.2. The Balaban J connectivity index is 2.08. The molecule has 164 valence electrons. The van der Waals surface area contributed by atoms with E-state index in [1.165, 1.54) is 13.2 Å². The van der Waals surface area contributed by atoms with Crippen LogP contribution >= 0.6 is 0 Å². The summed E-state index contributed by atoms with van der Waals surface area (Å²) in [4.78, 5) is 37.3. The van der Waals surface area contributed by atoms with Crippen LogP contribution in [0.5, 0.6) is 0 Å². The maximum atomic E-state index is 12.9. The van der Waals surface area contributed by atoms with Gasteiger partial charge in [0.2, 0.25) is 5.91 Å². The molecule has 7 heteroatoms. The predicted molar refractivity (Wildman–Crippen MR) is 118 cm³/mol. The van der Waals surface area contributed by atoms with E-state index >= 15 is 0 Å². The van der Waals surface area contributed by atoms with Crippen molar-refractivity contribution < 1.29 is 23.9 Å². The monoisotopic (exact) mass is 424 g/mol. The summed E-state index contributed by atoms with van der Waals surface area (Å²) in [6, 6.07) is 17.4. The molecule has 0 saturated heterocycles. The molecule has 0 fully saturated rings. The summed E-state index contributed by atoms with van der Waals surface area (Å²) >= 11 is 0. The number of methoxy groups -OCH3 is 1. The van der Waals surface area contributed by atoms with E-state index < -0.39 is 24.0 Å². The summed E-state index contributed by atoms with van der Waals surface area (Å²) < 4.78 is 10.0. The van der Waals surface area contributed by atoms with Crippen LogP contribution in [0.3, 0.4) is 0 Å². The number of nitrogens with one attached hydrogen (secondary N) is 2. The number of rotatable bonds is 9. The Morgan fingerprint density at radius 3 is 2.16 bits per heavy atom. The van der Waals surface area contributed by atoms with Crippen molar-refractivity contribution in [1.82, 2.24) is 10.6 Å². The van der Waals surface area contributed by atoms with Gasteiger partial charge in [-0.2, -0.15) is 0 Å². The number of hydrogen-bond donors (Lipinski definition) is 2.